The molecule has 1 amide bonds. The molecule has 1 aliphatic heterocycles. The van der Waals surface area contributed by atoms with Gasteiger partial charge in [0, 0.05) is 16.4 Å². The van der Waals surface area contributed by atoms with Crippen LogP contribution in [0.1, 0.15) is 24.1 Å². The summed E-state index contributed by atoms with van der Waals surface area (Å²) < 4.78 is 13.4. The fraction of sp³-hybridized carbons (Fsp3) is 0.148. The molecule has 2 heterocycles. The highest BCUT2D eigenvalue weighted by Crippen LogP contribution is 2.39. The van der Waals surface area contributed by atoms with Gasteiger partial charge >= 0.3 is 0 Å². The number of halogens is 1. The second-order valence-corrected chi connectivity index (χ2v) is 8.68. The van der Waals surface area contributed by atoms with Crippen LogP contribution in [0.3, 0.4) is 0 Å². The molecule has 0 aliphatic carbocycles. The first kappa shape index (κ1) is 23.4. The molecule has 182 valence electrons. The predicted molar refractivity (Wildman–Crippen MR) is 138 cm³/mol. The quantitative estimate of drug-likeness (QED) is 0.350. The Hall–Kier alpha value is -4.30. The molecule has 0 bridgehead atoms. The molecule has 3 aromatic carbocycles. The van der Waals surface area contributed by atoms with Crippen molar-refractivity contribution in [3.63, 3.8) is 0 Å². The summed E-state index contributed by atoms with van der Waals surface area (Å²) in [5.41, 5.74) is 3.66. The number of aromatic nitrogens is 3. The van der Waals surface area contributed by atoms with Crippen LogP contribution in [0.25, 0.3) is 0 Å². The van der Waals surface area contributed by atoms with Crippen molar-refractivity contribution >= 4 is 29.1 Å². The molecule has 5 rings (SSSR count). The van der Waals surface area contributed by atoms with Crippen LogP contribution in [0.15, 0.2) is 90.4 Å². The maximum Gasteiger partial charge on any atom is 0.255 e. The van der Waals surface area contributed by atoms with Crippen molar-refractivity contribution in [2.75, 3.05) is 17.7 Å². The van der Waals surface area contributed by atoms with Gasteiger partial charge in [-0.15, -0.1) is 0 Å². The SMILES string of the molecule is COc1cc([C@H]2C(C(=O)Nc3ccc(Cl)cc3)=C(C)Nc3ncnn32)ccc1OCc1ccccc1. The standard InChI is InChI=1S/C27H24ClN5O3/c1-17-24(26(34)32-21-11-9-20(28)10-12-21)25(33-27(31-17)29-16-30-33)19-8-13-22(23(14-19)35-2)36-15-18-6-4-3-5-7-18/h3-14,16,25H,15H2,1-2H3,(H,32,34)(H,29,30,31)/t25-/m0/s1. The van der Waals surface area contributed by atoms with E-state index in [2.05, 4.69) is 20.7 Å². The van der Waals surface area contributed by atoms with Gasteiger partial charge in [-0.2, -0.15) is 10.1 Å². The number of hydrogen-bond donors (Lipinski definition) is 2. The van der Waals surface area contributed by atoms with Crippen LogP contribution in [0, 0.1) is 0 Å². The number of rotatable bonds is 7. The average molecular weight is 502 g/mol. The van der Waals surface area contributed by atoms with Crippen molar-refractivity contribution < 1.29 is 14.3 Å². The number of carbonyl (C=O) groups is 1. The molecule has 4 aromatic rings. The van der Waals surface area contributed by atoms with E-state index < -0.39 is 6.04 Å². The minimum Gasteiger partial charge on any atom is -0.493 e. The molecule has 0 saturated carbocycles. The highest BCUT2D eigenvalue weighted by molar-refractivity contribution is 6.30. The number of methoxy groups -OCH3 is 1. The van der Waals surface area contributed by atoms with E-state index in [9.17, 15) is 4.79 Å². The summed E-state index contributed by atoms with van der Waals surface area (Å²) in [7, 11) is 1.59. The van der Waals surface area contributed by atoms with E-state index in [0.29, 0.717) is 46.0 Å². The second-order valence-electron chi connectivity index (χ2n) is 8.24. The van der Waals surface area contributed by atoms with Crippen LogP contribution in [0.5, 0.6) is 11.5 Å². The van der Waals surface area contributed by atoms with Crippen molar-refractivity contribution in [3.8, 4) is 11.5 Å². The first-order chi connectivity index (χ1) is 17.5. The lowest BCUT2D eigenvalue weighted by molar-refractivity contribution is -0.113. The number of benzene rings is 3. The van der Waals surface area contributed by atoms with Gasteiger partial charge in [0.05, 0.1) is 12.7 Å². The zero-order valence-corrected chi connectivity index (χ0v) is 20.5. The minimum atomic E-state index is -0.534. The molecule has 1 aromatic heterocycles. The van der Waals surface area contributed by atoms with Gasteiger partial charge in [0.1, 0.15) is 19.0 Å². The summed E-state index contributed by atoms with van der Waals surface area (Å²) in [5.74, 6) is 1.44. The number of ether oxygens (including phenoxy) is 2. The van der Waals surface area contributed by atoms with Crippen LogP contribution in [-0.4, -0.2) is 27.8 Å². The molecular formula is C27H24ClN5O3. The third kappa shape index (κ3) is 4.76. The van der Waals surface area contributed by atoms with Gasteiger partial charge < -0.3 is 20.1 Å². The smallest absolute Gasteiger partial charge is 0.255 e. The molecule has 8 nitrogen and oxygen atoms in total. The Morgan fingerprint density at radius 1 is 1.08 bits per heavy atom. The van der Waals surface area contributed by atoms with Crippen LogP contribution >= 0.6 is 11.6 Å². The third-order valence-electron chi connectivity index (χ3n) is 5.88. The van der Waals surface area contributed by atoms with Crippen molar-refractivity contribution in [2.24, 2.45) is 0 Å². The van der Waals surface area contributed by atoms with E-state index in [0.717, 1.165) is 11.1 Å². The lowest BCUT2D eigenvalue weighted by Gasteiger charge is -2.29. The number of allylic oxidation sites excluding steroid dienone is 1. The molecule has 0 fully saturated rings. The van der Waals surface area contributed by atoms with E-state index in [-0.39, 0.29) is 5.91 Å². The Bertz CT molecular complexity index is 1420. The Balaban J connectivity index is 1.48. The van der Waals surface area contributed by atoms with Crippen LogP contribution < -0.4 is 20.1 Å². The van der Waals surface area contributed by atoms with Gasteiger partial charge in [0.2, 0.25) is 5.95 Å². The van der Waals surface area contributed by atoms with E-state index in [1.807, 2.05) is 55.5 Å². The molecule has 36 heavy (non-hydrogen) atoms. The Morgan fingerprint density at radius 3 is 2.61 bits per heavy atom. The minimum absolute atomic E-state index is 0.267. The molecule has 0 spiro atoms. The number of carbonyl (C=O) groups excluding carboxylic acids is 1. The van der Waals surface area contributed by atoms with Crippen molar-refractivity contribution in [3.05, 3.63) is 107 Å². The van der Waals surface area contributed by atoms with E-state index in [1.165, 1.54) is 6.33 Å². The lowest BCUT2D eigenvalue weighted by atomic mass is 9.94. The summed E-state index contributed by atoms with van der Waals surface area (Å²) in [5, 5.41) is 11.1. The third-order valence-corrected chi connectivity index (χ3v) is 6.13. The van der Waals surface area contributed by atoms with Crippen LogP contribution in [0.2, 0.25) is 5.02 Å². The summed E-state index contributed by atoms with van der Waals surface area (Å²) >= 11 is 5.99. The maximum atomic E-state index is 13.5. The fourth-order valence-electron chi connectivity index (χ4n) is 4.13. The topological polar surface area (TPSA) is 90.3 Å². The Morgan fingerprint density at radius 2 is 1.86 bits per heavy atom. The molecule has 1 aliphatic rings. The molecule has 0 unspecified atom stereocenters. The molecule has 2 N–H and O–H groups in total. The lowest BCUT2D eigenvalue weighted by Crippen LogP contribution is -2.31. The van der Waals surface area contributed by atoms with Gasteiger partial charge in [0.15, 0.2) is 11.5 Å². The van der Waals surface area contributed by atoms with Gasteiger partial charge in [-0.1, -0.05) is 48.0 Å². The zero-order valence-electron chi connectivity index (χ0n) is 19.7. The van der Waals surface area contributed by atoms with Gasteiger partial charge in [-0.3, -0.25) is 4.79 Å². The van der Waals surface area contributed by atoms with Crippen molar-refractivity contribution in [1.82, 2.24) is 14.8 Å². The number of nitrogens with zero attached hydrogens (tertiary/aromatic N) is 3. The van der Waals surface area contributed by atoms with E-state index in [4.69, 9.17) is 21.1 Å². The summed E-state index contributed by atoms with van der Waals surface area (Å²) in [6, 6.07) is 22.0. The maximum absolute atomic E-state index is 13.5. The Labute approximate surface area is 213 Å². The zero-order chi connectivity index (χ0) is 25.1. The first-order valence-electron chi connectivity index (χ1n) is 11.3. The van der Waals surface area contributed by atoms with E-state index >= 15 is 0 Å². The van der Waals surface area contributed by atoms with E-state index in [1.54, 1.807) is 36.1 Å². The number of nitrogens with one attached hydrogen (secondary N) is 2. The van der Waals surface area contributed by atoms with Gasteiger partial charge in [0.25, 0.3) is 5.91 Å². The molecule has 0 radical (unpaired) electrons. The summed E-state index contributed by atoms with van der Waals surface area (Å²) in [6.45, 7) is 2.25. The number of amides is 1. The van der Waals surface area contributed by atoms with Crippen LogP contribution in [0.4, 0.5) is 11.6 Å². The number of fused-ring (bicyclic) bond motifs is 1. The molecule has 1 atom stereocenters. The highest BCUT2D eigenvalue weighted by atomic mass is 35.5. The molecular weight excluding hydrogens is 478 g/mol. The molecule has 9 heteroatoms. The summed E-state index contributed by atoms with van der Waals surface area (Å²) in [4.78, 5) is 17.8. The molecule has 0 saturated heterocycles. The van der Waals surface area contributed by atoms with Gasteiger partial charge in [-0.25, -0.2) is 4.68 Å². The fourth-order valence-corrected chi connectivity index (χ4v) is 4.26. The Kier molecular flexibility index (Phi) is 6.60. The highest BCUT2D eigenvalue weighted by Gasteiger charge is 2.34. The van der Waals surface area contributed by atoms with Crippen LogP contribution in [-0.2, 0) is 11.4 Å². The van der Waals surface area contributed by atoms with Crippen molar-refractivity contribution in [1.29, 1.82) is 0 Å². The first-order valence-corrected chi connectivity index (χ1v) is 11.7. The average Bonchev–Trinajstić information content (AvgIpc) is 3.36. The summed E-state index contributed by atoms with van der Waals surface area (Å²) in [6.07, 6.45) is 1.46. The number of anilines is 2. The predicted octanol–water partition coefficient (Wildman–Crippen LogP) is 5.45. The van der Waals surface area contributed by atoms with Gasteiger partial charge in [-0.05, 0) is 54.4 Å². The largest absolute Gasteiger partial charge is 0.493 e. The normalized spacial score (nSPS) is 14.6. The monoisotopic (exact) mass is 501 g/mol. The van der Waals surface area contributed by atoms with Crippen molar-refractivity contribution in [2.45, 2.75) is 19.6 Å². The second kappa shape index (κ2) is 10.1. The number of hydrogen-bond acceptors (Lipinski definition) is 6.